The monoisotopic (exact) mass is 444 g/mol. The molecule has 2 aliphatic rings. The Kier molecular flexibility index (Phi) is 6.07. The Morgan fingerprint density at radius 3 is 2.55 bits per heavy atom. The Morgan fingerprint density at radius 1 is 1.03 bits per heavy atom. The lowest BCUT2D eigenvalue weighted by Gasteiger charge is -2.42. The van der Waals surface area contributed by atoms with Gasteiger partial charge in [-0.25, -0.2) is 0 Å². The summed E-state index contributed by atoms with van der Waals surface area (Å²) in [7, 11) is 1.67. The van der Waals surface area contributed by atoms with E-state index in [1.54, 1.807) is 25.7 Å². The number of aromatic nitrogens is 2. The van der Waals surface area contributed by atoms with Crippen LogP contribution in [0.2, 0.25) is 0 Å². The first-order valence-electron chi connectivity index (χ1n) is 11.3. The summed E-state index contributed by atoms with van der Waals surface area (Å²) in [5.74, 6) is 0.802. The summed E-state index contributed by atoms with van der Waals surface area (Å²) in [5, 5.41) is 0. The summed E-state index contributed by atoms with van der Waals surface area (Å²) in [4.78, 5) is 26.6. The molecule has 5 rings (SSSR count). The van der Waals surface area contributed by atoms with Crippen LogP contribution in [0.25, 0.3) is 0 Å². The average Bonchev–Trinajstić information content (AvgIpc) is 3.22. The highest BCUT2D eigenvalue weighted by molar-refractivity contribution is 5.88. The summed E-state index contributed by atoms with van der Waals surface area (Å²) in [6, 6.07) is 16.0. The van der Waals surface area contributed by atoms with Crippen molar-refractivity contribution >= 4 is 5.91 Å². The van der Waals surface area contributed by atoms with Gasteiger partial charge in [-0.1, -0.05) is 18.2 Å². The van der Waals surface area contributed by atoms with Gasteiger partial charge in [-0.15, -0.1) is 0 Å². The number of amides is 1. The van der Waals surface area contributed by atoms with E-state index in [4.69, 9.17) is 9.47 Å². The van der Waals surface area contributed by atoms with Crippen molar-refractivity contribution in [3.8, 4) is 5.75 Å². The van der Waals surface area contributed by atoms with Gasteiger partial charge in [-0.3, -0.25) is 19.7 Å². The van der Waals surface area contributed by atoms with E-state index in [9.17, 15) is 4.79 Å². The zero-order valence-electron chi connectivity index (χ0n) is 18.8. The van der Waals surface area contributed by atoms with Gasteiger partial charge >= 0.3 is 0 Å². The van der Waals surface area contributed by atoms with Crippen LogP contribution in [0.15, 0.2) is 73.3 Å². The Bertz CT molecular complexity index is 1080. The van der Waals surface area contributed by atoms with Crippen molar-refractivity contribution in [1.29, 1.82) is 0 Å². The second-order valence-electron chi connectivity index (χ2n) is 8.68. The molecule has 170 valence electrons. The van der Waals surface area contributed by atoms with Gasteiger partial charge in [0.05, 0.1) is 13.7 Å². The molecule has 2 atom stereocenters. The molecule has 4 heterocycles. The van der Waals surface area contributed by atoms with E-state index in [1.165, 1.54) is 5.56 Å². The van der Waals surface area contributed by atoms with E-state index in [-0.39, 0.29) is 11.8 Å². The summed E-state index contributed by atoms with van der Waals surface area (Å²) < 4.78 is 11.7. The molecule has 2 fully saturated rings. The molecule has 1 amide bonds. The van der Waals surface area contributed by atoms with Crippen LogP contribution in [-0.2, 0) is 22.6 Å². The zero-order valence-corrected chi connectivity index (χ0v) is 18.8. The molecule has 1 spiro atoms. The number of carbonyl (C=O) groups is 1. The number of nitrogens with zero attached hydrogens (tertiary/aromatic N) is 4. The summed E-state index contributed by atoms with van der Waals surface area (Å²) in [5.41, 5.74) is 2.37. The van der Waals surface area contributed by atoms with Gasteiger partial charge in [-0.05, 0) is 47.0 Å². The van der Waals surface area contributed by atoms with Gasteiger partial charge < -0.3 is 14.4 Å². The molecule has 0 unspecified atom stereocenters. The molecule has 0 saturated carbocycles. The first kappa shape index (κ1) is 21.6. The minimum atomic E-state index is -0.916. The highest BCUT2D eigenvalue weighted by atomic mass is 16.5. The van der Waals surface area contributed by atoms with Crippen molar-refractivity contribution in [2.45, 2.75) is 24.6 Å². The lowest BCUT2D eigenvalue weighted by atomic mass is 9.83. The third-order valence-electron chi connectivity index (χ3n) is 6.61. The molecule has 0 aliphatic carbocycles. The lowest BCUT2D eigenvalue weighted by Crippen LogP contribution is -2.59. The SMILES string of the molecule is COc1ccc(CN2C[C@@H](c3cccnc3)[C@@]3(C2)OCCN(Cc2ccncc2)C3=O)cc1. The van der Waals surface area contributed by atoms with Crippen molar-refractivity contribution in [2.75, 3.05) is 33.4 Å². The second kappa shape index (κ2) is 9.29. The van der Waals surface area contributed by atoms with Gasteiger partial charge in [0.2, 0.25) is 0 Å². The molecule has 7 heteroatoms. The highest BCUT2D eigenvalue weighted by Crippen LogP contribution is 2.42. The molecule has 0 radical (unpaired) electrons. The lowest BCUT2D eigenvalue weighted by molar-refractivity contribution is -0.173. The summed E-state index contributed by atoms with van der Waals surface area (Å²) in [6.07, 6.45) is 7.16. The predicted molar refractivity (Wildman–Crippen MR) is 124 cm³/mol. The molecule has 7 nitrogen and oxygen atoms in total. The third-order valence-corrected chi connectivity index (χ3v) is 6.61. The number of hydrogen-bond acceptors (Lipinski definition) is 6. The normalized spacial score (nSPS) is 23.2. The number of morpholine rings is 1. The number of ether oxygens (including phenoxy) is 2. The van der Waals surface area contributed by atoms with Crippen LogP contribution in [0.4, 0.5) is 0 Å². The first-order valence-corrected chi connectivity index (χ1v) is 11.3. The van der Waals surface area contributed by atoms with E-state index >= 15 is 0 Å². The predicted octanol–water partition coefficient (Wildman–Crippen LogP) is 2.88. The number of hydrogen-bond donors (Lipinski definition) is 0. The van der Waals surface area contributed by atoms with Crippen LogP contribution in [0.3, 0.4) is 0 Å². The Labute approximate surface area is 194 Å². The number of benzene rings is 1. The van der Waals surface area contributed by atoms with Crippen LogP contribution < -0.4 is 4.74 Å². The highest BCUT2D eigenvalue weighted by Gasteiger charge is 2.56. The number of carbonyl (C=O) groups excluding carboxylic acids is 1. The number of rotatable bonds is 6. The Balaban J connectivity index is 1.42. The fourth-order valence-electron chi connectivity index (χ4n) is 4.97. The van der Waals surface area contributed by atoms with E-state index in [2.05, 4.69) is 33.1 Å². The molecule has 0 N–H and O–H groups in total. The largest absolute Gasteiger partial charge is 0.497 e. The van der Waals surface area contributed by atoms with E-state index in [1.807, 2.05) is 41.4 Å². The van der Waals surface area contributed by atoms with Gasteiger partial charge in [0.15, 0.2) is 5.60 Å². The fourth-order valence-corrected chi connectivity index (χ4v) is 4.97. The van der Waals surface area contributed by atoms with Gasteiger partial charge in [0.25, 0.3) is 5.91 Å². The standard InChI is InChI=1S/C26H28N4O3/c1-32-23-6-4-20(5-7-23)16-29-18-24(22-3-2-10-28-15-22)26(19-29)25(31)30(13-14-33-26)17-21-8-11-27-12-9-21/h2-12,15,24H,13-14,16-19H2,1H3/t24-,26+/m0/s1. The molecule has 1 aromatic carbocycles. The smallest absolute Gasteiger partial charge is 0.257 e. The van der Waals surface area contributed by atoms with Crippen molar-refractivity contribution in [3.63, 3.8) is 0 Å². The molecule has 3 aromatic rings. The molecular formula is C26H28N4O3. The maximum absolute atomic E-state index is 13.9. The molecule has 33 heavy (non-hydrogen) atoms. The third kappa shape index (κ3) is 4.34. The maximum Gasteiger partial charge on any atom is 0.257 e. The van der Waals surface area contributed by atoms with Crippen molar-refractivity contribution < 1.29 is 14.3 Å². The fraction of sp³-hybridized carbons (Fsp3) is 0.346. The molecule has 2 aromatic heterocycles. The Hall–Kier alpha value is -3.29. The van der Waals surface area contributed by atoms with Crippen LogP contribution in [0.1, 0.15) is 22.6 Å². The molecular weight excluding hydrogens is 416 g/mol. The molecule has 2 aliphatic heterocycles. The van der Waals surface area contributed by atoms with Crippen molar-refractivity contribution in [2.24, 2.45) is 0 Å². The van der Waals surface area contributed by atoms with E-state index < -0.39 is 5.60 Å². The second-order valence-corrected chi connectivity index (χ2v) is 8.68. The van der Waals surface area contributed by atoms with Crippen LogP contribution >= 0.6 is 0 Å². The van der Waals surface area contributed by atoms with Crippen LogP contribution in [0.5, 0.6) is 5.75 Å². The minimum Gasteiger partial charge on any atom is -0.497 e. The van der Waals surface area contributed by atoms with Crippen molar-refractivity contribution in [1.82, 2.24) is 19.8 Å². The average molecular weight is 445 g/mol. The number of pyridine rings is 2. The van der Waals surface area contributed by atoms with Crippen molar-refractivity contribution in [3.05, 3.63) is 90.0 Å². The van der Waals surface area contributed by atoms with Crippen LogP contribution in [0, 0.1) is 0 Å². The summed E-state index contributed by atoms with van der Waals surface area (Å²) >= 11 is 0. The van der Waals surface area contributed by atoms with Gasteiger partial charge in [-0.2, -0.15) is 0 Å². The zero-order chi connectivity index (χ0) is 22.7. The molecule has 2 saturated heterocycles. The van der Waals surface area contributed by atoms with E-state index in [0.717, 1.165) is 30.0 Å². The van der Waals surface area contributed by atoms with Gasteiger partial charge in [0, 0.05) is 63.4 Å². The number of likely N-dealkylation sites (tertiary alicyclic amines) is 1. The number of methoxy groups -OCH3 is 1. The van der Waals surface area contributed by atoms with E-state index in [0.29, 0.717) is 26.2 Å². The molecule has 0 bridgehead atoms. The quantitative estimate of drug-likeness (QED) is 0.583. The Morgan fingerprint density at radius 2 is 1.82 bits per heavy atom. The summed E-state index contributed by atoms with van der Waals surface area (Å²) in [6.45, 7) is 3.68. The first-order chi connectivity index (χ1) is 16.2. The maximum atomic E-state index is 13.9. The topological polar surface area (TPSA) is 67.8 Å². The minimum absolute atomic E-state index is 0.0525. The van der Waals surface area contributed by atoms with Gasteiger partial charge in [0.1, 0.15) is 5.75 Å². The van der Waals surface area contributed by atoms with Crippen LogP contribution in [-0.4, -0.2) is 64.6 Å².